The lowest BCUT2D eigenvalue weighted by Gasteiger charge is -2.22. The maximum atomic E-state index is 13.2. The van der Waals surface area contributed by atoms with Crippen molar-refractivity contribution in [2.45, 2.75) is 38.6 Å². The van der Waals surface area contributed by atoms with E-state index in [1.165, 1.54) is 11.3 Å². The van der Waals surface area contributed by atoms with Crippen LogP contribution in [-0.2, 0) is 28.0 Å². The molecular weight excluding hydrogens is 444 g/mol. The van der Waals surface area contributed by atoms with Gasteiger partial charge in [-0.1, -0.05) is 13.0 Å². The van der Waals surface area contributed by atoms with Crippen LogP contribution in [0.1, 0.15) is 41.8 Å². The number of carbonyl (C=O) groups is 3. The Morgan fingerprint density at radius 2 is 2.15 bits per heavy atom. The molecule has 1 fully saturated rings. The Morgan fingerprint density at radius 3 is 2.94 bits per heavy atom. The molecule has 33 heavy (non-hydrogen) atoms. The highest BCUT2D eigenvalue weighted by Gasteiger charge is 2.50. The van der Waals surface area contributed by atoms with Crippen molar-refractivity contribution in [3.05, 3.63) is 39.8 Å². The van der Waals surface area contributed by atoms with Crippen molar-refractivity contribution in [1.29, 1.82) is 5.26 Å². The highest BCUT2D eigenvalue weighted by molar-refractivity contribution is 7.16. The number of thiophene rings is 1. The molecule has 2 N–H and O–H groups in total. The van der Waals surface area contributed by atoms with E-state index in [1.54, 1.807) is 25.1 Å². The first-order chi connectivity index (χ1) is 15.8. The molecule has 0 spiro atoms. The fourth-order valence-electron chi connectivity index (χ4n) is 4.51. The molecule has 2 unspecified atom stereocenters. The Hall–Kier alpha value is -3.58. The number of fused-ring (bicyclic) bond motifs is 2. The van der Waals surface area contributed by atoms with E-state index in [2.05, 4.69) is 23.6 Å². The van der Waals surface area contributed by atoms with Gasteiger partial charge in [-0.05, 0) is 55.4 Å². The van der Waals surface area contributed by atoms with E-state index in [4.69, 9.17) is 9.47 Å². The van der Waals surface area contributed by atoms with Gasteiger partial charge >= 0.3 is 6.03 Å². The average molecular weight is 467 g/mol. The minimum absolute atomic E-state index is 0.0951. The molecule has 3 aliphatic rings. The Morgan fingerprint density at radius 1 is 1.36 bits per heavy atom. The van der Waals surface area contributed by atoms with Crippen LogP contribution in [0.4, 0.5) is 9.80 Å². The normalized spacial score (nSPS) is 23.2. The van der Waals surface area contributed by atoms with Crippen LogP contribution in [0.5, 0.6) is 11.5 Å². The molecule has 170 valence electrons. The van der Waals surface area contributed by atoms with E-state index in [9.17, 15) is 19.6 Å². The summed E-state index contributed by atoms with van der Waals surface area (Å²) in [7, 11) is 0. The van der Waals surface area contributed by atoms with Crippen molar-refractivity contribution in [2.24, 2.45) is 5.92 Å². The van der Waals surface area contributed by atoms with Gasteiger partial charge in [-0.3, -0.25) is 14.5 Å². The van der Waals surface area contributed by atoms with Gasteiger partial charge in [0, 0.05) is 4.88 Å². The minimum atomic E-state index is -1.34. The molecule has 4 amide bonds. The van der Waals surface area contributed by atoms with Gasteiger partial charge in [0.2, 0.25) is 12.7 Å². The monoisotopic (exact) mass is 466 g/mol. The lowest BCUT2D eigenvalue weighted by Crippen LogP contribution is -2.42. The summed E-state index contributed by atoms with van der Waals surface area (Å²) in [5.41, 5.74) is 0.674. The third kappa shape index (κ3) is 3.49. The number of amides is 4. The quantitative estimate of drug-likeness (QED) is 0.669. The Kier molecular flexibility index (Phi) is 5.01. The van der Waals surface area contributed by atoms with Gasteiger partial charge in [0.05, 0.1) is 5.56 Å². The molecule has 0 radical (unpaired) electrons. The van der Waals surface area contributed by atoms with Crippen LogP contribution in [0.2, 0.25) is 0 Å². The van der Waals surface area contributed by atoms with E-state index >= 15 is 0 Å². The predicted octanol–water partition coefficient (Wildman–Crippen LogP) is 2.88. The van der Waals surface area contributed by atoms with E-state index in [-0.39, 0.29) is 6.79 Å². The number of nitrogens with zero attached hydrogens (tertiary/aromatic N) is 2. The van der Waals surface area contributed by atoms with Crippen LogP contribution >= 0.6 is 11.3 Å². The van der Waals surface area contributed by atoms with Crippen LogP contribution in [0, 0.1) is 17.2 Å². The van der Waals surface area contributed by atoms with Crippen molar-refractivity contribution in [1.82, 2.24) is 10.2 Å². The summed E-state index contributed by atoms with van der Waals surface area (Å²) in [6.07, 6.45) is 2.70. The first kappa shape index (κ1) is 21.3. The largest absolute Gasteiger partial charge is 0.454 e. The number of rotatable bonds is 4. The van der Waals surface area contributed by atoms with Gasteiger partial charge in [0.15, 0.2) is 11.5 Å². The first-order valence-electron chi connectivity index (χ1n) is 10.7. The molecule has 1 saturated heterocycles. The Bertz CT molecular complexity index is 1230. The van der Waals surface area contributed by atoms with Crippen molar-refractivity contribution in [3.63, 3.8) is 0 Å². The van der Waals surface area contributed by atoms with E-state index in [0.717, 1.165) is 34.6 Å². The molecule has 2 aliphatic heterocycles. The van der Waals surface area contributed by atoms with Crippen LogP contribution < -0.4 is 20.1 Å². The number of nitrogens with one attached hydrogen (secondary N) is 2. The summed E-state index contributed by atoms with van der Waals surface area (Å²) in [5.74, 6) is 0.521. The van der Waals surface area contributed by atoms with Gasteiger partial charge in [0.25, 0.3) is 5.91 Å². The molecule has 2 aromatic rings. The lowest BCUT2D eigenvalue weighted by atomic mass is 9.89. The van der Waals surface area contributed by atoms with E-state index in [0.29, 0.717) is 33.5 Å². The summed E-state index contributed by atoms with van der Waals surface area (Å²) in [4.78, 5) is 40.6. The number of hydrogen-bond donors (Lipinski definition) is 2. The second kappa shape index (κ2) is 7.78. The second-order valence-electron chi connectivity index (χ2n) is 8.73. The van der Waals surface area contributed by atoms with Gasteiger partial charge in [0.1, 0.15) is 23.2 Å². The molecule has 2 atom stereocenters. The van der Waals surface area contributed by atoms with Gasteiger partial charge < -0.3 is 20.1 Å². The molecule has 5 rings (SSSR count). The number of nitriles is 1. The number of anilines is 1. The van der Waals surface area contributed by atoms with Crippen molar-refractivity contribution in [2.75, 3.05) is 18.7 Å². The van der Waals surface area contributed by atoms with Gasteiger partial charge in [-0.15, -0.1) is 11.3 Å². The summed E-state index contributed by atoms with van der Waals surface area (Å²) in [5, 5.41) is 15.5. The molecule has 1 aliphatic carbocycles. The van der Waals surface area contributed by atoms with Gasteiger partial charge in [-0.25, -0.2) is 4.79 Å². The maximum absolute atomic E-state index is 13.2. The topological polar surface area (TPSA) is 121 Å². The molecule has 1 aromatic heterocycles. The standard InChI is InChI=1S/C23H22N4O5S/c1-12-3-5-14-15(9-24)20(33-18(14)7-12)25-19(28)10-27-21(29)23(2,26-22(27)30)13-4-6-16-17(8-13)32-11-31-16/h4,6,8,12H,3,5,7,10-11H2,1-2H3,(H,25,28)(H,26,30). The summed E-state index contributed by atoms with van der Waals surface area (Å²) in [6.45, 7) is 3.40. The van der Waals surface area contributed by atoms with Gasteiger partial charge in [-0.2, -0.15) is 5.26 Å². The van der Waals surface area contributed by atoms with Crippen LogP contribution in [-0.4, -0.2) is 36.1 Å². The minimum Gasteiger partial charge on any atom is -0.454 e. The molecule has 10 heteroatoms. The molecule has 0 bridgehead atoms. The lowest BCUT2D eigenvalue weighted by molar-refractivity contribution is -0.133. The number of imide groups is 1. The van der Waals surface area contributed by atoms with Crippen molar-refractivity contribution in [3.8, 4) is 17.6 Å². The number of urea groups is 1. The SMILES string of the molecule is CC1CCc2c(sc(NC(=O)CN3C(=O)NC(C)(c4ccc5c(c4)OCO5)C3=O)c2C#N)C1. The summed E-state index contributed by atoms with van der Waals surface area (Å²) in [6, 6.07) is 6.57. The summed E-state index contributed by atoms with van der Waals surface area (Å²) >= 11 is 1.40. The number of ether oxygens (including phenoxy) is 2. The van der Waals surface area contributed by atoms with Crippen LogP contribution in [0.3, 0.4) is 0 Å². The summed E-state index contributed by atoms with van der Waals surface area (Å²) < 4.78 is 10.7. The van der Waals surface area contributed by atoms with Crippen molar-refractivity contribution < 1.29 is 23.9 Å². The Labute approximate surface area is 194 Å². The molecule has 1 aromatic carbocycles. The molecular formula is C23H22N4O5S. The zero-order chi connectivity index (χ0) is 23.3. The zero-order valence-electron chi connectivity index (χ0n) is 18.2. The number of carbonyl (C=O) groups excluding carboxylic acids is 3. The van der Waals surface area contributed by atoms with Crippen LogP contribution in [0.25, 0.3) is 0 Å². The number of hydrogen-bond acceptors (Lipinski definition) is 7. The predicted molar refractivity (Wildman–Crippen MR) is 119 cm³/mol. The van der Waals surface area contributed by atoms with E-state index < -0.39 is 29.9 Å². The smallest absolute Gasteiger partial charge is 0.325 e. The van der Waals surface area contributed by atoms with E-state index in [1.807, 2.05) is 0 Å². The highest BCUT2D eigenvalue weighted by atomic mass is 32.1. The van der Waals surface area contributed by atoms with Crippen molar-refractivity contribution >= 4 is 34.2 Å². The molecule has 9 nitrogen and oxygen atoms in total. The fourth-order valence-corrected chi connectivity index (χ4v) is 5.89. The van der Waals surface area contributed by atoms with Crippen LogP contribution in [0.15, 0.2) is 18.2 Å². The second-order valence-corrected chi connectivity index (χ2v) is 9.84. The third-order valence-corrected chi connectivity index (χ3v) is 7.57. The maximum Gasteiger partial charge on any atom is 0.325 e. The zero-order valence-corrected chi connectivity index (χ0v) is 19.0. The highest BCUT2D eigenvalue weighted by Crippen LogP contribution is 2.40. The molecule has 3 heterocycles. The first-order valence-corrected chi connectivity index (χ1v) is 11.5. The Balaban J connectivity index is 1.33. The average Bonchev–Trinajstić information content (AvgIpc) is 3.44. The fraction of sp³-hybridized carbons (Fsp3) is 0.391. The number of benzene rings is 1. The molecule has 0 saturated carbocycles. The third-order valence-electron chi connectivity index (χ3n) is 6.40.